The van der Waals surface area contributed by atoms with Crippen LogP contribution in [0, 0.1) is 30.1 Å². The lowest BCUT2D eigenvalue weighted by molar-refractivity contribution is 0.237. The maximum atomic E-state index is 5.66. The van der Waals surface area contributed by atoms with E-state index in [0.717, 1.165) is 37.0 Å². The average Bonchev–Trinajstić information content (AvgIpc) is 2.86. The van der Waals surface area contributed by atoms with Crippen LogP contribution >= 0.6 is 0 Å². The fraction of sp³-hybridized carbons (Fsp3) is 0.846. The molecule has 0 saturated heterocycles. The number of hydrogen-bond acceptors (Lipinski definition) is 2. The monoisotopic (exact) mass is 206 g/mol. The van der Waals surface area contributed by atoms with E-state index >= 15 is 0 Å². The molecule has 15 heavy (non-hydrogen) atoms. The molecule has 3 N–H and O–H groups in total. The maximum Gasteiger partial charge on any atom is 0.0241 e. The van der Waals surface area contributed by atoms with E-state index in [1.807, 2.05) is 0 Å². The number of nitrogens with two attached hydrogens (primary N) is 1. The van der Waals surface area contributed by atoms with Crippen LogP contribution in [-0.4, -0.2) is 6.04 Å². The summed E-state index contributed by atoms with van der Waals surface area (Å²) in [6.07, 6.45) is 14.2. The zero-order chi connectivity index (χ0) is 10.7. The molecule has 0 spiro atoms. The predicted molar refractivity (Wildman–Crippen MR) is 62.7 cm³/mol. The van der Waals surface area contributed by atoms with Gasteiger partial charge in [0.25, 0.3) is 0 Å². The maximum absolute atomic E-state index is 5.66. The SMILES string of the molecule is C#CCCCC(NN)C1CC2CCC1C2. The highest BCUT2D eigenvalue weighted by Gasteiger charge is 2.42. The van der Waals surface area contributed by atoms with Gasteiger partial charge in [0.1, 0.15) is 0 Å². The van der Waals surface area contributed by atoms with Crippen molar-refractivity contribution in [3.05, 3.63) is 0 Å². The van der Waals surface area contributed by atoms with Gasteiger partial charge in [0.15, 0.2) is 0 Å². The average molecular weight is 206 g/mol. The van der Waals surface area contributed by atoms with Crippen molar-refractivity contribution in [2.45, 2.75) is 51.0 Å². The summed E-state index contributed by atoms with van der Waals surface area (Å²) in [4.78, 5) is 0. The Kier molecular flexibility index (Phi) is 3.66. The third-order valence-electron chi connectivity index (χ3n) is 4.36. The summed E-state index contributed by atoms with van der Waals surface area (Å²) in [5, 5.41) is 0. The third kappa shape index (κ3) is 2.35. The minimum absolute atomic E-state index is 0.508. The van der Waals surface area contributed by atoms with Crippen molar-refractivity contribution in [3.8, 4) is 12.3 Å². The largest absolute Gasteiger partial charge is 0.271 e. The van der Waals surface area contributed by atoms with E-state index in [-0.39, 0.29) is 0 Å². The highest BCUT2D eigenvalue weighted by Crippen LogP contribution is 2.49. The minimum Gasteiger partial charge on any atom is -0.271 e. The van der Waals surface area contributed by atoms with Crippen LogP contribution in [0.25, 0.3) is 0 Å². The first-order valence-corrected chi connectivity index (χ1v) is 6.24. The zero-order valence-electron chi connectivity index (χ0n) is 9.41. The Morgan fingerprint density at radius 3 is 2.80 bits per heavy atom. The van der Waals surface area contributed by atoms with Crippen LogP contribution in [0.3, 0.4) is 0 Å². The fourth-order valence-electron chi connectivity index (χ4n) is 3.63. The van der Waals surface area contributed by atoms with Crippen molar-refractivity contribution in [1.82, 2.24) is 5.43 Å². The molecule has 2 aliphatic rings. The highest BCUT2D eigenvalue weighted by atomic mass is 15.2. The molecule has 4 unspecified atom stereocenters. The van der Waals surface area contributed by atoms with Gasteiger partial charge >= 0.3 is 0 Å². The second kappa shape index (κ2) is 5.01. The predicted octanol–water partition coefficient (Wildman–Crippen LogP) is 2.06. The Labute approximate surface area is 93.0 Å². The van der Waals surface area contributed by atoms with Gasteiger partial charge in [-0.1, -0.05) is 6.42 Å². The molecule has 2 bridgehead atoms. The Morgan fingerprint density at radius 1 is 1.40 bits per heavy atom. The first-order chi connectivity index (χ1) is 7.35. The molecule has 0 radical (unpaired) electrons. The summed E-state index contributed by atoms with van der Waals surface area (Å²) in [7, 11) is 0. The second-order valence-electron chi connectivity index (χ2n) is 5.21. The zero-order valence-corrected chi connectivity index (χ0v) is 9.41. The smallest absolute Gasteiger partial charge is 0.0241 e. The van der Waals surface area contributed by atoms with Crippen LogP contribution in [0.1, 0.15) is 44.9 Å². The van der Waals surface area contributed by atoms with Crippen LogP contribution in [0.5, 0.6) is 0 Å². The number of nitrogens with one attached hydrogen (secondary N) is 1. The number of terminal acetylenes is 1. The van der Waals surface area contributed by atoms with Crippen molar-refractivity contribution < 1.29 is 0 Å². The summed E-state index contributed by atoms with van der Waals surface area (Å²) >= 11 is 0. The molecular formula is C13H22N2. The van der Waals surface area contributed by atoms with Crippen LogP contribution in [-0.2, 0) is 0 Å². The highest BCUT2D eigenvalue weighted by molar-refractivity contribution is 4.95. The Morgan fingerprint density at radius 2 is 2.27 bits per heavy atom. The van der Waals surface area contributed by atoms with Crippen molar-refractivity contribution in [1.29, 1.82) is 0 Å². The normalized spacial score (nSPS) is 35.3. The topological polar surface area (TPSA) is 38.0 Å². The molecule has 2 nitrogen and oxygen atoms in total. The van der Waals surface area contributed by atoms with E-state index in [1.165, 1.54) is 25.7 Å². The second-order valence-corrected chi connectivity index (χ2v) is 5.21. The number of rotatable bonds is 5. The van der Waals surface area contributed by atoms with Gasteiger partial charge in [-0.05, 0) is 49.9 Å². The molecule has 84 valence electrons. The summed E-state index contributed by atoms with van der Waals surface area (Å²) in [6.45, 7) is 0. The number of fused-ring (bicyclic) bond motifs is 2. The van der Waals surface area contributed by atoms with Crippen LogP contribution in [0.2, 0.25) is 0 Å². The Bertz CT molecular complexity index is 243. The molecule has 0 amide bonds. The molecule has 2 heteroatoms. The number of hydrogen-bond donors (Lipinski definition) is 2. The molecule has 0 aromatic heterocycles. The van der Waals surface area contributed by atoms with Gasteiger partial charge in [-0.15, -0.1) is 12.3 Å². The molecule has 0 heterocycles. The number of unbranched alkanes of at least 4 members (excludes halogenated alkanes) is 1. The fourth-order valence-corrected chi connectivity index (χ4v) is 3.63. The lowest BCUT2D eigenvalue weighted by atomic mass is 9.81. The van der Waals surface area contributed by atoms with Crippen molar-refractivity contribution in [2.24, 2.45) is 23.6 Å². The summed E-state index contributed by atoms with van der Waals surface area (Å²) in [5.41, 5.74) is 3.02. The van der Waals surface area contributed by atoms with E-state index in [9.17, 15) is 0 Å². The minimum atomic E-state index is 0.508. The van der Waals surface area contributed by atoms with Crippen LogP contribution in [0.4, 0.5) is 0 Å². The van der Waals surface area contributed by atoms with Gasteiger partial charge in [0.05, 0.1) is 0 Å². The summed E-state index contributed by atoms with van der Waals surface area (Å²) in [6, 6.07) is 0.508. The molecule has 0 aromatic rings. The van der Waals surface area contributed by atoms with Gasteiger partial charge in [-0.3, -0.25) is 11.3 Å². The summed E-state index contributed by atoms with van der Waals surface area (Å²) < 4.78 is 0. The summed E-state index contributed by atoms with van der Waals surface area (Å²) in [5.74, 6) is 11.1. The first kappa shape index (κ1) is 11.0. The van der Waals surface area contributed by atoms with E-state index in [1.54, 1.807) is 0 Å². The van der Waals surface area contributed by atoms with Gasteiger partial charge in [0.2, 0.25) is 0 Å². The molecule has 2 aliphatic carbocycles. The Hall–Kier alpha value is -0.520. The lowest BCUT2D eigenvalue weighted by Crippen LogP contribution is -2.42. The molecule has 0 aromatic carbocycles. The molecule has 2 fully saturated rings. The molecule has 4 atom stereocenters. The molecule has 0 aliphatic heterocycles. The first-order valence-electron chi connectivity index (χ1n) is 6.24. The number of hydrazine groups is 1. The van der Waals surface area contributed by atoms with Gasteiger partial charge in [-0.2, -0.15) is 0 Å². The van der Waals surface area contributed by atoms with E-state index < -0.39 is 0 Å². The molecule has 2 rings (SSSR count). The van der Waals surface area contributed by atoms with Crippen LogP contribution < -0.4 is 11.3 Å². The van der Waals surface area contributed by atoms with E-state index in [0.29, 0.717) is 6.04 Å². The molecular weight excluding hydrogens is 184 g/mol. The van der Waals surface area contributed by atoms with Crippen molar-refractivity contribution in [3.63, 3.8) is 0 Å². The van der Waals surface area contributed by atoms with E-state index in [4.69, 9.17) is 12.3 Å². The third-order valence-corrected chi connectivity index (χ3v) is 4.36. The van der Waals surface area contributed by atoms with Crippen LogP contribution in [0.15, 0.2) is 0 Å². The lowest BCUT2D eigenvalue weighted by Gasteiger charge is -2.29. The van der Waals surface area contributed by atoms with Crippen molar-refractivity contribution in [2.75, 3.05) is 0 Å². The van der Waals surface area contributed by atoms with E-state index in [2.05, 4.69) is 11.3 Å². The molecule has 2 saturated carbocycles. The standard InChI is InChI=1S/C13H22N2/c1-2-3-4-5-13(15-14)12-9-10-6-7-11(12)8-10/h1,10-13,15H,3-9,14H2. The Balaban J connectivity index is 1.82. The van der Waals surface area contributed by atoms with Gasteiger partial charge in [0, 0.05) is 12.5 Å². The quantitative estimate of drug-likeness (QED) is 0.313. The van der Waals surface area contributed by atoms with Crippen molar-refractivity contribution >= 4 is 0 Å². The van der Waals surface area contributed by atoms with Gasteiger partial charge in [-0.25, -0.2) is 0 Å². The van der Waals surface area contributed by atoms with Gasteiger partial charge < -0.3 is 0 Å².